The smallest absolute Gasteiger partial charge is 0.371 e. The van der Waals surface area contributed by atoms with Crippen molar-refractivity contribution < 1.29 is 19.1 Å². The van der Waals surface area contributed by atoms with E-state index in [4.69, 9.17) is 21.1 Å². The highest BCUT2D eigenvalue weighted by Crippen LogP contribution is 2.32. The SMILES string of the molecule is O=C(Nc1ccc(Cl)c(-c2ccc(C(=O)O)o2)c1)c1ccccc1. The van der Waals surface area contributed by atoms with Crippen LogP contribution in [0.5, 0.6) is 0 Å². The van der Waals surface area contributed by atoms with Crippen LogP contribution >= 0.6 is 11.6 Å². The van der Waals surface area contributed by atoms with Gasteiger partial charge in [-0.1, -0.05) is 29.8 Å². The predicted octanol–water partition coefficient (Wildman–Crippen LogP) is 4.55. The van der Waals surface area contributed by atoms with Crippen LogP contribution in [0.3, 0.4) is 0 Å². The molecule has 0 aliphatic carbocycles. The molecule has 0 atom stereocenters. The molecule has 120 valence electrons. The van der Waals surface area contributed by atoms with Gasteiger partial charge in [0.2, 0.25) is 5.76 Å². The Labute approximate surface area is 142 Å². The van der Waals surface area contributed by atoms with E-state index in [-0.39, 0.29) is 11.7 Å². The van der Waals surface area contributed by atoms with Gasteiger partial charge in [0.25, 0.3) is 5.91 Å². The van der Waals surface area contributed by atoms with Gasteiger partial charge >= 0.3 is 5.97 Å². The van der Waals surface area contributed by atoms with Crippen molar-refractivity contribution in [2.75, 3.05) is 5.32 Å². The Hall–Kier alpha value is -3.05. The highest BCUT2D eigenvalue weighted by Gasteiger charge is 2.14. The zero-order chi connectivity index (χ0) is 17.1. The summed E-state index contributed by atoms with van der Waals surface area (Å²) < 4.78 is 5.26. The number of furan rings is 1. The van der Waals surface area contributed by atoms with Crippen molar-refractivity contribution in [1.82, 2.24) is 0 Å². The van der Waals surface area contributed by atoms with Gasteiger partial charge in [-0.3, -0.25) is 4.79 Å². The van der Waals surface area contributed by atoms with Crippen molar-refractivity contribution in [2.24, 2.45) is 0 Å². The topological polar surface area (TPSA) is 79.5 Å². The number of anilines is 1. The van der Waals surface area contributed by atoms with Crippen molar-refractivity contribution in [2.45, 2.75) is 0 Å². The van der Waals surface area contributed by atoms with Crippen LogP contribution in [-0.4, -0.2) is 17.0 Å². The average Bonchev–Trinajstić information content (AvgIpc) is 3.07. The quantitative estimate of drug-likeness (QED) is 0.729. The number of aromatic carboxylic acids is 1. The number of carboxylic acids is 1. The lowest BCUT2D eigenvalue weighted by Gasteiger charge is -2.08. The zero-order valence-electron chi connectivity index (χ0n) is 12.3. The molecule has 3 rings (SSSR count). The first-order valence-corrected chi connectivity index (χ1v) is 7.42. The van der Waals surface area contributed by atoms with Gasteiger partial charge in [-0.05, 0) is 42.5 Å². The molecule has 2 N–H and O–H groups in total. The lowest BCUT2D eigenvalue weighted by atomic mass is 10.1. The van der Waals surface area contributed by atoms with E-state index in [1.807, 2.05) is 6.07 Å². The highest BCUT2D eigenvalue weighted by atomic mass is 35.5. The maximum Gasteiger partial charge on any atom is 0.371 e. The minimum absolute atomic E-state index is 0.181. The van der Waals surface area contributed by atoms with Gasteiger partial charge in [-0.25, -0.2) is 4.79 Å². The lowest BCUT2D eigenvalue weighted by molar-refractivity contribution is 0.0663. The van der Waals surface area contributed by atoms with Gasteiger partial charge < -0.3 is 14.8 Å². The molecule has 0 bridgehead atoms. The fraction of sp³-hybridized carbons (Fsp3) is 0. The molecular formula is C18H12ClNO4. The summed E-state index contributed by atoms with van der Waals surface area (Å²) in [6, 6.07) is 16.6. The van der Waals surface area contributed by atoms with Gasteiger partial charge in [0, 0.05) is 16.8 Å². The van der Waals surface area contributed by atoms with Crippen molar-refractivity contribution in [1.29, 1.82) is 0 Å². The molecule has 5 nitrogen and oxygen atoms in total. The van der Waals surface area contributed by atoms with Gasteiger partial charge in [-0.15, -0.1) is 0 Å². The maximum atomic E-state index is 12.2. The van der Waals surface area contributed by atoms with Crippen LogP contribution in [-0.2, 0) is 0 Å². The van der Waals surface area contributed by atoms with E-state index in [0.717, 1.165) is 0 Å². The third-order valence-electron chi connectivity index (χ3n) is 3.34. The third-order valence-corrected chi connectivity index (χ3v) is 3.67. The number of hydrogen-bond donors (Lipinski definition) is 2. The number of amides is 1. The van der Waals surface area contributed by atoms with E-state index in [9.17, 15) is 9.59 Å². The van der Waals surface area contributed by atoms with Crippen LogP contribution in [0, 0.1) is 0 Å². The molecule has 1 heterocycles. The Kier molecular flexibility index (Phi) is 4.35. The molecule has 0 saturated heterocycles. The van der Waals surface area contributed by atoms with E-state index < -0.39 is 5.97 Å². The Morgan fingerprint density at radius 3 is 2.42 bits per heavy atom. The fourth-order valence-corrected chi connectivity index (χ4v) is 2.39. The van der Waals surface area contributed by atoms with Gasteiger partial charge in [-0.2, -0.15) is 0 Å². The van der Waals surface area contributed by atoms with Gasteiger partial charge in [0.1, 0.15) is 5.76 Å². The second kappa shape index (κ2) is 6.60. The zero-order valence-corrected chi connectivity index (χ0v) is 13.1. The summed E-state index contributed by atoms with van der Waals surface area (Å²) in [5, 5.41) is 12.1. The van der Waals surface area contributed by atoms with E-state index in [1.165, 1.54) is 12.1 Å². The normalized spacial score (nSPS) is 10.4. The van der Waals surface area contributed by atoms with E-state index in [1.54, 1.807) is 42.5 Å². The summed E-state index contributed by atoms with van der Waals surface area (Å²) in [4.78, 5) is 23.1. The van der Waals surface area contributed by atoms with E-state index in [0.29, 0.717) is 27.6 Å². The van der Waals surface area contributed by atoms with Crippen molar-refractivity contribution >= 4 is 29.2 Å². The Morgan fingerprint density at radius 2 is 1.75 bits per heavy atom. The first-order valence-electron chi connectivity index (χ1n) is 7.04. The molecule has 0 aliphatic heterocycles. The molecule has 1 aromatic heterocycles. The maximum absolute atomic E-state index is 12.2. The lowest BCUT2D eigenvalue weighted by Crippen LogP contribution is -2.11. The Balaban J connectivity index is 1.88. The monoisotopic (exact) mass is 341 g/mol. The molecule has 0 fully saturated rings. The molecule has 0 radical (unpaired) electrons. The summed E-state index contributed by atoms with van der Waals surface area (Å²) in [5.41, 5.74) is 1.55. The van der Waals surface area contributed by atoms with Crippen molar-refractivity contribution in [3.05, 3.63) is 77.0 Å². The minimum atomic E-state index is -1.16. The molecule has 6 heteroatoms. The molecule has 0 unspecified atom stereocenters. The number of hydrogen-bond acceptors (Lipinski definition) is 3. The van der Waals surface area contributed by atoms with Crippen LogP contribution < -0.4 is 5.32 Å². The standard InChI is InChI=1S/C18H12ClNO4/c19-14-7-6-12(20-17(21)11-4-2-1-3-5-11)10-13(14)15-8-9-16(24-15)18(22)23/h1-10H,(H,20,21)(H,22,23). The largest absolute Gasteiger partial charge is 0.475 e. The predicted molar refractivity (Wildman–Crippen MR) is 90.5 cm³/mol. The highest BCUT2D eigenvalue weighted by molar-refractivity contribution is 6.33. The molecular weight excluding hydrogens is 330 g/mol. The van der Waals surface area contributed by atoms with Crippen LogP contribution in [0.1, 0.15) is 20.9 Å². The molecule has 3 aromatic rings. The van der Waals surface area contributed by atoms with Crippen molar-refractivity contribution in [3.63, 3.8) is 0 Å². The first kappa shape index (κ1) is 15.8. The average molecular weight is 342 g/mol. The second-order valence-corrected chi connectivity index (χ2v) is 5.39. The summed E-state index contributed by atoms with van der Waals surface area (Å²) in [7, 11) is 0. The van der Waals surface area contributed by atoms with Crippen LogP contribution in [0.25, 0.3) is 11.3 Å². The fourth-order valence-electron chi connectivity index (χ4n) is 2.18. The van der Waals surface area contributed by atoms with Gasteiger partial charge in [0.15, 0.2) is 0 Å². The van der Waals surface area contributed by atoms with Gasteiger partial charge in [0.05, 0.1) is 5.02 Å². The summed E-state index contributed by atoms with van der Waals surface area (Å²) in [5.74, 6) is -1.28. The number of halogens is 1. The number of benzene rings is 2. The number of carbonyl (C=O) groups is 2. The number of carbonyl (C=O) groups excluding carboxylic acids is 1. The summed E-state index contributed by atoms with van der Waals surface area (Å²) in [6.45, 7) is 0. The Bertz CT molecular complexity index is 902. The van der Waals surface area contributed by atoms with Crippen molar-refractivity contribution in [3.8, 4) is 11.3 Å². The van der Waals surface area contributed by atoms with Crippen LogP contribution in [0.4, 0.5) is 5.69 Å². The van der Waals surface area contributed by atoms with E-state index >= 15 is 0 Å². The Morgan fingerprint density at radius 1 is 1.00 bits per heavy atom. The summed E-state index contributed by atoms with van der Waals surface area (Å²) >= 11 is 6.15. The second-order valence-electron chi connectivity index (χ2n) is 4.98. The molecule has 0 spiro atoms. The summed E-state index contributed by atoms with van der Waals surface area (Å²) in [6.07, 6.45) is 0. The molecule has 0 aliphatic rings. The third kappa shape index (κ3) is 3.31. The number of carboxylic acid groups (broad SMARTS) is 1. The number of nitrogens with one attached hydrogen (secondary N) is 1. The van der Waals surface area contributed by atoms with Crippen LogP contribution in [0.15, 0.2) is 65.1 Å². The number of rotatable bonds is 4. The molecule has 1 amide bonds. The minimum Gasteiger partial charge on any atom is -0.475 e. The van der Waals surface area contributed by atoms with E-state index in [2.05, 4.69) is 5.32 Å². The first-order chi connectivity index (χ1) is 11.5. The molecule has 24 heavy (non-hydrogen) atoms. The molecule has 0 saturated carbocycles. The van der Waals surface area contributed by atoms with Crippen LogP contribution in [0.2, 0.25) is 5.02 Å². The molecule has 2 aromatic carbocycles.